The van der Waals surface area contributed by atoms with E-state index < -0.39 is 0 Å². The molecular formula is C19H31NO2. The predicted molar refractivity (Wildman–Crippen MR) is 91.3 cm³/mol. The third-order valence-electron chi connectivity index (χ3n) is 4.49. The Morgan fingerprint density at radius 1 is 1.32 bits per heavy atom. The summed E-state index contributed by atoms with van der Waals surface area (Å²) in [6, 6.07) is 7.92. The van der Waals surface area contributed by atoms with E-state index in [0.29, 0.717) is 0 Å². The maximum absolute atomic E-state index is 10.4. The molecule has 0 bridgehead atoms. The van der Waals surface area contributed by atoms with Crippen molar-refractivity contribution in [1.82, 2.24) is 4.90 Å². The van der Waals surface area contributed by atoms with Crippen molar-refractivity contribution < 1.29 is 9.84 Å². The van der Waals surface area contributed by atoms with Gasteiger partial charge in [-0.15, -0.1) is 0 Å². The molecule has 1 aliphatic rings. The van der Waals surface area contributed by atoms with Crippen molar-refractivity contribution in [3.05, 3.63) is 29.8 Å². The van der Waals surface area contributed by atoms with Crippen LogP contribution in [0.3, 0.4) is 0 Å². The summed E-state index contributed by atoms with van der Waals surface area (Å²) < 4.78 is 5.66. The summed E-state index contributed by atoms with van der Waals surface area (Å²) in [7, 11) is 0. The second-order valence-electron chi connectivity index (χ2n) is 6.62. The molecule has 1 aromatic rings. The molecule has 0 aliphatic carbocycles. The first-order valence-electron chi connectivity index (χ1n) is 8.82. The van der Waals surface area contributed by atoms with Crippen molar-refractivity contribution in [3.63, 3.8) is 0 Å². The Bertz CT molecular complexity index is 418. The molecule has 0 amide bonds. The minimum Gasteiger partial charge on any atom is -0.494 e. The molecule has 0 aromatic heterocycles. The molecule has 0 radical (unpaired) electrons. The van der Waals surface area contributed by atoms with E-state index in [1.165, 1.54) is 25.9 Å². The van der Waals surface area contributed by atoms with Gasteiger partial charge < -0.3 is 14.7 Å². The average Bonchev–Trinajstić information content (AvgIpc) is 2.54. The van der Waals surface area contributed by atoms with Gasteiger partial charge in [-0.2, -0.15) is 0 Å². The Balaban J connectivity index is 1.75. The van der Waals surface area contributed by atoms with E-state index in [-0.39, 0.29) is 6.10 Å². The molecular weight excluding hydrogens is 274 g/mol. The van der Waals surface area contributed by atoms with E-state index in [9.17, 15) is 5.11 Å². The molecule has 22 heavy (non-hydrogen) atoms. The number of aliphatic hydroxyl groups is 1. The zero-order valence-corrected chi connectivity index (χ0v) is 14.1. The molecule has 124 valence electrons. The van der Waals surface area contributed by atoms with Crippen LogP contribution in [0.25, 0.3) is 0 Å². The standard InChI is InChI=1S/C19H31NO2/c1-3-4-14-22-18-9-7-17(8-10-18)19(21)11-13-20-12-5-6-16(2)15-20/h7-10,16,19,21H,3-6,11-15H2,1-2H3. The van der Waals surface area contributed by atoms with Crippen LogP contribution in [0.1, 0.15) is 57.6 Å². The third kappa shape index (κ3) is 5.62. The highest BCUT2D eigenvalue weighted by Crippen LogP contribution is 2.22. The van der Waals surface area contributed by atoms with Crippen LogP contribution in [-0.4, -0.2) is 36.2 Å². The fourth-order valence-electron chi connectivity index (χ4n) is 3.08. The highest BCUT2D eigenvalue weighted by Gasteiger charge is 2.17. The summed E-state index contributed by atoms with van der Waals surface area (Å²) >= 11 is 0. The average molecular weight is 305 g/mol. The highest BCUT2D eigenvalue weighted by atomic mass is 16.5. The summed E-state index contributed by atoms with van der Waals surface area (Å²) in [5, 5.41) is 10.4. The lowest BCUT2D eigenvalue weighted by atomic mass is 9.99. The van der Waals surface area contributed by atoms with Crippen LogP contribution in [0, 0.1) is 5.92 Å². The lowest BCUT2D eigenvalue weighted by molar-refractivity contribution is 0.122. The van der Waals surface area contributed by atoms with E-state index in [1.807, 2.05) is 24.3 Å². The molecule has 1 N–H and O–H groups in total. The largest absolute Gasteiger partial charge is 0.494 e. The number of benzene rings is 1. The lowest BCUT2D eigenvalue weighted by Gasteiger charge is -2.31. The summed E-state index contributed by atoms with van der Waals surface area (Å²) in [4.78, 5) is 2.49. The first kappa shape index (κ1) is 17.3. The number of likely N-dealkylation sites (tertiary alicyclic amines) is 1. The lowest BCUT2D eigenvalue weighted by Crippen LogP contribution is -2.35. The number of hydrogen-bond donors (Lipinski definition) is 1. The first-order valence-corrected chi connectivity index (χ1v) is 8.82. The molecule has 1 fully saturated rings. The van der Waals surface area contributed by atoms with Gasteiger partial charge in [-0.05, 0) is 55.8 Å². The molecule has 1 heterocycles. The van der Waals surface area contributed by atoms with E-state index in [0.717, 1.165) is 49.6 Å². The van der Waals surface area contributed by atoms with Crippen molar-refractivity contribution in [1.29, 1.82) is 0 Å². The molecule has 2 rings (SSSR count). The quantitative estimate of drug-likeness (QED) is 0.736. The van der Waals surface area contributed by atoms with Gasteiger partial charge in [-0.3, -0.25) is 0 Å². The van der Waals surface area contributed by atoms with Crippen molar-refractivity contribution in [2.45, 2.75) is 52.1 Å². The minimum atomic E-state index is -0.373. The third-order valence-corrected chi connectivity index (χ3v) is 4.49. The molecule has 0 saturated carbocycles. The normalized spacial score (nSPS) is 20.8. The number of aliphatic hydroxyl groups excluding tert-OH is 1. The number of nitrogens with zero attached hydrogens (tertiary/aromatic N) is 1. The molecule has 1 saturated heterocycles. The highest BCUT2D eigenvalue weighted by molar-refractivity contribution is 5.28. The van der Waals surface area contributed by atoms with E-state index in [1.54, 1.807) is 0 Å². The summed E-state index contributed by atoms with van der Waals surface area (Å²) in [6.45, 7) is 8.59. The van der Waals surface area contributed by atoms with Gasteiger partial charge in [0.15, 0.2) is 0 Å². The number of ether oxygens (including phenoxy) is 1. The fourth-order valence-corrected chi connectivity index (χ4v) is 3.08. The van der Waals surface area contributed by atoms with Gasteiger partial charge in [0.1, 0.15) is 5.75 Å². The van der Waals surface area contributed by atoms with Crippen LogP contribution in [0.2, 0.25) is 0 Å². The van der Waals surface area contributed by atoms with Crippen LogP contribution in [0.5, 0.6) is 5.75 Å². The van der Waals surface area contributed by atoms with Gasteiger partial charge >= 0.3 is 0 Å². The van der Waals surface area contributed by atoms with Gasteiger partial charge in [0.2, 0.25) is 0 Å². The smallest absolute Gasteiger partial charge is 0.119 e. The van der Waals surface area contributed by atoms with Gasteiger partial charge in [0.25, 0.3) is 0 Å². The summed E-state index contributed by atoms with van der Waals surface area (Å²) in [5.74, 6) is 1.69. The van der Waals surface area contributed by atoms with Crippen LogP contribution in [0.4, 0.5) is 0 Å². The fraction of sp³-hybridized carbons (Fsp3) is 0.684. The van der Waals surface area contributed by atoms with Gasteiger partial charge in [-0.25, -0.2) is 0 Å². The summed E-state index contributed by atoms with van der Waals surface area (Å²) in [5.41, 5.74) is 0.993. The van der Waals surface area contributed by atoms with Crippen molar-refractivity contribution in [2.75, 3.05) is 26.2 Å². The monoisotopic (exact) mass is 305 g/mol. The molecule has 2 unspecified atom stereocenters. The van der Waals surface area contributed by atoms with Crippen LogP contribution >= 0.6 is 0 Å². The molecule has 1 aliphatic heterocycles. The van der Waals surface area contributed by atoms with Crippen molar-refractivity contribution >= 4 is 0 Å². The van der Waals surface area contributed by atoms with Crippen LogP contribution < -0.4 is 4.74 Å². The van der Waals surface area contributed by atoms with E-state index in [2.05, 4.69) is 18.7 Å². The van der Waals surface area contributed by atoms with Gasteiger partial charge in [-0.1, -0.05) is 32.4 Å². The Hall–Kier alpha value is -1.06. The van der Waals surface area contributed by atoms with E-state index >= 15 is 0 Å². The number of piperidine rings is 1. The van der Waals surface area contributed by atoms with Gasteiger partial charge in [0.05, 0.1) is 12.7 Å². The molecule has 0 spiro atoms. The van der Waals surface area contributed by atoms with Crippen LogP contribution in [-0.2, 0) is 0 Å². The molecule has 2 atom stereocenters. The Morgan fingerprint density at radius 2 is 2.09 bits per heavy atom. The number of hydrogen-bond acceptors (Lipinski definition) is 3. The molecule has 1 aromatic carbocycles. The summed E-state index contributed by atoms with van der Waals surface area (Å²) in [6.07, 6.45) is 5.30. The maximum Gasteiger partial charge on any atom is 0.119 e. The second kappa shape index (κ2) is 9.16. The van der Waals surface area contributed by atoms with E-state index in [4.69, 9.17) is 4.74 Å². The molecule has 3 heteroatoms. The van der Waals surface area contributed by atoms with Crippen molar-refractivity contribution in [3.8, 4) is 5.75 Å². The number of rotatable bonds is 8. The Morgan fingerprint density at radius 3 is 2.77 bits per heavy atom. The SMILES string of the molecule is CCCCOc1ccc(C(O)CCN2CCCC(C)C2)cc1. The van der Waals surface area contributed by atoms with Crippen LogP contribution in [0.15, 0.2) is 24.3 Å². The topological polar surface area (TPSA) is 32.7 Å². The zero-order valence-electron chi connectivity index (χ0n) is 14.1. The minimum absolute atomic E-state index is 0.373. The maximum atomic E-state index is 10.4. The Kier molecular flexibility index (Phi) is 7.20. The molecule has 3 nitrogen and oxygen atoms in total. The van der Waals surface area contributed by atoms with Gasteiger partial charge in [0, 0.05) is 13.1 Å². The Labute approximate surface area is 135 Å². The second-order valence-corrected chi connectivity index (χ2v) is 6.62. The van der Waals surface area contributed by atoms with Crippen molar-refractivity contribution in [2.24, 2.45) is 5.92 Å². The zero-order chi connectivity index (χ0) is 15.8. The number of unbranched alkanes of at least 4 members (excludes halogenated alkanes) is 1. The first-order chi connectivity index (χ1) is 10.7. The predicted octanol–water partition coefficient (Wildman–Crippen LogP) is 4.02.